The van der Waals surface area contributed by atoms with Crippen LogP contribution in [0, 0.1) is 20.8 Å². The summed E-state index contributed by atoms with van der Waals surface area (Å²) in [6.45, 7) is 6.11. The molecule has 4 heteroatoms. The highest BCUT2D eigenvalue weighted by atomic mass is 16.1. The van der Waals surface area contributed by atoms with Gasteiger partial charge in [0.15, 0.2) is 0 Å². The molecule has 2 rings (SSSR count). The van der Waals surface area contributed by atoms with Gasteiger partial charge in [0.05, 0.1) is 6.42 Å². The Labute approximate surface area is 130 Å². The van der Waals surface area contributed by atoms with E-state index in [4.69, 9.17) is 5.73 Å². The van der Waals surface area contributed by atoms with Crippen LogP contribution < -0.4 is 11.1 Å². The van der Waals surface area contributed by atoms with Gasteiger partial charge in [-0.25, -0.2) is 0 Å². The smallest absolute Gasteiger partial charge is 0.248 e. The maximum absolute atomic E-state index is 12.1. The number of nitrogens with one attached hydrogen (secondary N) is 1. The zero-order valence-electron chi connectivity index (χ0n) is 13.1. The van der Waals surface area contributed by atoms with Crippen LogP contribution in [0.3, 0.4) is 0 Å². The lowest BCUT2D eigenvalue weighted by Crippen LogP contribution is -2.16. The second-order valence-corrected chi connectivity index (χ2v) is 5.53. The molecule has 0 aliphatic heterocycles. The number of benzene rings is 2. The molecule has 0 fully saturated rings. The predicted octanol–water partition coefficient (Wildman–Crippen LogP) is 2.89. The first kappa shape index (κ1) is 15.8. The fourth-order valence-corrected chi connectivity index (χ4v) is 2.31. The van der Waals surface area contributed by atoms with Crippen molar-refractivity contribution in [3.63, 3.8) is 0 Å². The summed E-state index contributed by atoms with van der Waals surface area (Å²) in [5.41, 5.74) is 10.8. The largest absolute Gasteiger partial charge is 0.366 e. The number of anilines is 1. The second kappa shape index (κ2) is 6.43. The minimum Gasteiger partial charge on any atom is -0.366 e. The molecule has 0 bridgehead atoms. The minimum absolute atomic E-state index is 0.0850. The van der Waals surface area contributed by atoms with Gasteiger partial charge in [0.25, 0.3) is 0 Å². The second-order valence-electron chi connectivity index (χ2n) is 5.53. The van der Waals surface area contributed by atoms with Crippen molar-refractivity contribution < 1.29 is 9.59 Å². The normalized spacial score (nSPS) is 10.3. The molecule has 2 aromatic rings. The maximum Gasteiger partial charge on any atom is 0.248 e. The average Bonchev–Trinajstić information content (AvgIpc) is 2.45. The summed E-state index contributed by atoms with van der Waals surface area (Å²) in [5.74, 6) is -0.568. The van der Waals surface area contributed by atoms with Gasteiger partial charge in [-0.15, -0.1) is 0 Å². The van der Waals surface area contributed by atoms with Gasteiger partial charge in [0.2, 0.25) is 11.8 Å². The molecule has 0 aromatic heterocycles. The molecule has 2 aromatic carbocycles. The first-order valence-corrected chi connectivity index (χ1v) is 7.13. The van der Waals surface area contributed by atoms with E-state index in [1.165, 1.54) is 11.1 Å². The number of aryl methyl sites for hydroxylation is 3. The molecule has 0 aliphatic carbocycles. The lowest BCUT2D eigenvalue weighted by molar-refractivity contribution is -0.115. The Morgan fingerprint density at radius 2 is 1.55 bits per heavy atom. The molecule has 114 valence electrons. The van der Waals surface area contributed by atoms with Crippen LogP contribution in [0.1, 0.15) is 32.6 Å². The highest BCUT2D eigenvalue weighted by Gasteiger charge is 2.08. The molecule has 0 unspecified atom stereocenters. The van der Waals surface area contributed by atoms with Crippen LogP contribution in [-0.4, -0.2) is 11.8 Å². The van der Waals surface area contributed by atoms with E-state index < -0.39 is 5.91 Å². The van der Waals surface area contributed by atoms with Crippen LogP contribution in [0.5, 0.6) is 0 Å². The first-order chi connectivity index (χ1) is 10.4. The lowest BCUT2D eigenvalue weighted by atomic mass is 9.98. The Morgan fingerprint density at radius 3 is 2.14 bits per heavy atom. The molecule has 4 nitrogen and oxygen atoms in total. The molecule has 0 atom stereocenters. The number of hydrogen-bond donors (Lipinski definition) is 2. The Morgan fingerprint density at radius 1 is 0.955 bits per heavy atom. The van der Waals surface area contributed by atoms with E-state index in [1.54, 1.807) is 24.3 Å². The maximum atomic E-state index is 12.1. The van der Waals surface area contributed by atoms with Gasteiger partial charge in [-0.3, -0.25) is 9.59 Å². The summed E-state index contributed by atoms with van der Waals surface area (Å²) in [6.07, 6.45) is 0.324. The Balaban J connectivity index is 2.07. The number of nitrogens with two attached hydrogens (primary N) is 1. The van der Waals surface area contributed by atoms with Crippen molar-refractivity contribution in [2.75, 3.05) is 5.32 Å². The molecule has 0 heterocycles. The predicted molar refractivity (Wildman–Crippen MR) is 87.9 cm³/mol. The zero-order valence-corrected chi connectivity index (χ0v) is 13.1. The highest BCUT2D eigenvalue weighted by Crippen LogP contribution is 2.17. The Bertz CT molecular complexity index is 719. The van der Waals surface area contributed by atoms with E-state index >= 15 is 0 Å². The third kappa shape index (κ3) is 3.73. The van der Waals surface area contributed by atoms with Gasteiger partial charge in [-0.05, 0) is 67.3 Å². The number of carbonyl (C=O) groups excluding carboxylic acids is 2. The fraction of sp³-hybridized carbons (Fsp3) is 0.222. The molecule has 0 spiro atoms. The van der Waals surface area contributed by atoms with Gasteiger partial charge in [-0.1, -0.05) is 12.1 Å². The van der Waals surface area contributed by atoms with Crippen molar-refractivity contribution in [3.05, 3.63) is 64.2 Å². The summed E-state index contributed by atoms with van der Waals surface area (Å²) in [7, 11) is 0. The quantitative estimate of drug-likeness (QED) is 0.910. The summed E-state index contributed by atoms with van der Waals surface area (Å²) < 4.78 is 0. The van der Waals surface area contributed by atoms with Crippen molar-refractivity contribution in [2.45, 2.75) is 27.2 Å². The van der Waals surface area contributed by atoms with Gasteiger partial charge < -0.3 is 11.1 Å². The van der Waals surface area contributed by atoms with E-state index in [0.717, 1.165) is 11.1 Å². The van der Waals surface area contributed by atoms with E-state index in [9.17, 15) is 9.59 Å². The van der Waals surface area contributed by atoms with Gasteiger partial charge in [-0.2, -0.15) is 0 Å². The number of carbonyl (C=O) groups is 2. The average molecular weight is 296 g/mol. The van der Waals surface area contributed by atoms with Gasteiger partial charge >= 0.3 is 0 Å². The summed E-state index contributed by atoms with van der Waals surface area (Å²) in [4.78, 5) is 23.2. The fourth-order valence-electron chi connectivity index (χ4n) is 2.31. The van der Waals surface area contributed by atoms with Crippen LogP contribution in [0.25, 0.3) is 0 Å². The van der Waals surface area contributed by atoms with Crippen molar-refractivity contribution in [3.8, 4) is 0 Å². The zero-order chi connectivity index (χ0) is 16.3. The molecule has 0 radical (unpaired) electrons. The van der Waals surface area contributed by atoms with Gasteiger partial charge in [0, 0.05) is 11.3 Å². The molecular weight excluding hydrogens is 276 g/mol. The summed E-state index contributed by atoms with van der Waals surface area (Å²) in [5, 5.41) is 2.83. The van der Waals surface area contributed by atoms with Crippen molar-refractivity contribution in [1.82, 2.24) is 0 Å². The molecular formula is C18H20N2O2. The number of primary amides is 1. The summed E-state index contributed by atoms with van der Waals surface area (Å²) >= 11 is 0. The molecule has 3 N–H and O–H groups in total. The van der Waals surface area contributed by atoms with Crippen LogP contribution in [0.15, 0.2) is 36.4 Å². The van der Waals surface area contributed by atoms with Crippen molar-refractivity contribution >= 4 is 17.5 Å². The van der Waals surface area contributed by atoms with Crippen LogP contribution in [0.4, 0.5) is 5.69 Å². The molecule has 22 heavy (non-hydrogen) atoms. The van der Waals surface area contributed by atoms with E-state index in [2.05, 4.69) is 24.4 Å². The van der Waals surface area contributed by atoms with Crippen molar-refractivity contribution in [1.29, 1.82) is 0 Å². The van der Waals surface area contributed by atoms with E-state index in [0.29, 0.717) is 17.7 Å². The monoisotopic (exact) mass is 296 g/mol. The Hall–Kier alpha value is -2.62. The molecule has 2 amide bonds. The topological polar surface area (TPSA) is 72.2 Å². The highest BCUT2D eigenvalue weighted by molar-refractivity contribution is 5.95. The van der Waals surface area contributed by atoms with E-state index in [1.807, 2.05) is 13.8 Å². The Kier molecular flexibility index (Phi) is 4.61. The van der Waals surface area contributed by atoms with Crippen molar-refractivity contribution in [2.24, 2.45) is 5.73 Å². The van der Waals surface area contributed by atoms with Gasteiger partial charge in [0.1, 0.15) is 0 Å². The standard InChI is InChI=1S/C18H20N2O2/c1-11-8-13(3)15(9-12(11)2)10-17(21)20-16-6-4-14(5-7-16)18(19)22/h4-9H,10H2,1-3H3,(H2,19,22)(H,20,21). The lowest BCUT2D eigenvalue weighted by Gasteiger charge is -2.10. The minimum atomic E-state index is -0.483. The number of hydrogen-bond acceptors (Lipinski definition) is 2. The number of amides is 2. The van der Waals surface area contributed by atoms with Crippen LogP contribution >= 0.6 is 0 Å². The first-order valence-electron chi connectivity index (χ1n) is 7.13. The third-order valence-electron chi connectivity index (χ3n) is 3.76. The molecule has 0 aliphatic rings. The SMILES string of the molecule is Cc1cc(C)c(CC(=O)Nc2ccc(C(N)=O)cc2)cc1C. The third-order valence-corrected chi connectivity index (χ3v) is 3.76. The van der Waals surface area contributed by atoms with E-state index in [-0.39, 0.29) is 5.91 Å². The molecule has 0 saturated carbocycles. The van der Waals surface area contributed by atoms with Crippen LogP contribution in [0.2, 0.25) is 0 Å². The summed E-state index contributed by atoms with van der Waals surface area (Å²) in [6, 6.07) is 10.7. The van der Waals surface area contributed by atoms with Crippen LogP contribution in [-0.2, 0) is 11.2 Å². The number of rotatable bonds is 4. The molecule has 0 saturated heterocycles.